The van der Waals surface area contributed by atoms with E-state index in [2.05, 4.69) is 57.2 Å². The SMILES string of the molecule is COc1ccccc1CC(N)CCC1(c2ccc(C)cc2)CCOC(C)(C)C1. The Morgan fingerprint density at radius 2 is 1.82 bits per heavy atom. The van der Waals surface area contributed by atoms with E-state index in [1.54, 1.807) is 7.11 Å². The number of hydrogen-bond acceptors (Lipinski definition) is 3. The molecule has 1 saturated heterocycles. The van der Waals surface area contributed by atoms with Crippen molar-refractivity contribution in [2.75, 3.05) is 13.7 Å². The molecule has 3 heteroatoms. The lowest BCUT2D eigenvalue weighted by molar-refractivity contribution is -0.0847. The van der Waals surface area contributed by atoms with Gasteiger partial charge in [0.1, 0.15) is 5.75 Å². The van der Waals surface area contributed by atoms with Crippen LogP contribution in [0.1, 0.15) is 56.2 Å². The monoisotopic (exact) mass is 381 g/mol. The van der Waals surface area contributed by atoms with Crippen LogP contribution in [-0.2, 0) is 16.6 Å². The Hall–Kier alpha value is -1.84. The molecule has 0 aromatic heterocycles. The lowest BCUT2D eigenvalue weighted by atomic mass is 9.66. The van der Waals surface area contributed by atoms with Crippen LogP contribution in [0.2, 0.25) is 0 Å². The van der Waals surface area contributed by atoms with Crippen LogP contribution in [-0.4, -0.2) is 25.4 Å². The molecular weight excluding hydrogens is 346 g/mol. The number of benzene rings is 2. The third-order valence-corrected chi connectivity index (χ3v) is 6.17. The summed E-state index contributed by atoms with van der Waals surface area (Å²) < 4.78 is 11.5. The number of hydrogen-bond donors (Lipinski definition) is 1. The van der Waals surface area contributed by atoms with Crippen molar-refractivity contribution in [3.8, 4) is 5.75 Å². The molecule has 1 fully saturated rings. The lowest BCUT2D eigenvalue weighted by Crippen LogP contribution is -2.44. The van der Waals surface area contributed by atoms with Crippen LogP contribution in [0.25, 0.3) is 0 Å². The first-order valence-electron chi connectivity index (χ1n) is 10.4. The van der Waals surface area contributed by atoms with Gasteiger partial charge in [-0.15, -0.1) is 0 Å². The zero-order valence-corrected chi connectivity index (χ0v) is 17.8. The molecule has 1 heterocycles. The van der Waals surface area contributed by atoms with Gasteiger partial charge in [-0.25, -0.2) is 0 Å². The Labute approximate surface area is 170 Å². The summed E-state index contributed by atoms with van der Waals surface area (Å²) in [6, 6.07) is 17.4. The van der Waals surface area contributed by atoms with Crippen molar-refractivity contribution >= 4 is 0 Å². The summed E-state index contributed by atoms with van der Waals surface area (Å²) in [6.07, 6.45) is 5.00. The third kappa shape index (κ3) is 4.95. The molecule has 2 N–H and O–H groups in total. The van der Waals surface area contributed by atoms with Crippen molar-refractivity contribution in [1.82, 2.24) is 0 Å². The summed E-state index contributed by atoms with van der Waals surface area (Å²) in [5.41, 5.74) is 10.5. The first-order valence-corrected chi connectivity index (χ1v) is 10.4. The van der Waals surface area contributed by atoms with Crippen molar-refractivity contribution in [3.63, 3.8) is 0 Å². The highest BCUT2D eigenvalue weighted by atomic mass is 16.5. The average Bonchev–Trinajstić information content (AvgIpc) is 2.66. The second kappa shape index (κ2) is 8.67. The molecule has 1 aliphatic heterocycles. The molecule has 0 bridgehead atoms. The largest absolute Gasteiger partial charge is 0.496 e. The topological polar surface area (TPSA) is 44.5 Å². The molecule has 0 amide bonds. The predicted octanol–water partition coefficient (Wildman–Crippen LogP) is 5.18. The van der Waals surface area contributed by atoms with Gasteiger partial charge in [0.25, 0.3) is 0 Å². The molecule has 2 unspecified atom stereocenters. The number of rotatable bonds is 7. The molecule has 0 saturated carbocycles. The maximum atomic E-state index is 6.59. The van der Waals surface area contributed by atoms with Crippen molar-refractivity contribution in [2.24, 2.45) is 5.73 Å². The fraction of sp³-hybridized carbons (Fsp3) is 0.520. The number of aryl methyl sites for hydroxylation is 1. The predicted molar refractivity (Wildman–Crippen MR) is 116 cm³/mol. The third-order valence-electron chi connectivity index (χ3n) is 6.17. The van der Waals surface area contributed by atoms with Crippen LogP contribution in [0.5, 0.6) is 5.75 Å². The molecule has 3 nitrogen and oxygen atoms in total. The highest BCUT2D eigenvalue weighted by Gasteiger charge is 2.41. The van der Waals surface area contributed by atoms with Crippen LogP contribution in [0.15, 0.2) is 48.5 Å². The van der Waals surface area contributed by atoms with Gasteiger partial charge >= 0.3 is 0 Å². The molecule has 152 valence electrons. The Bertz CT molecular complexity index is 768. The van der Waals surface area contributed by atoms with Crippen molar-refractivity contribution in [1.29, 1.82) is 0 Å². The maximum absolute atomic E-state index is 6.59. The Balaban J connectivity index is 1.75. The van der Waals surface area contributed by atoms with Crippen LogP contribution in [0.3, 0.4) is 0 Å². The first-order chi connectivity index (χ1) is 13.3. The van der Waals surface area contributed by atoms with Gasteiger partial charge in [-0.1, -0.05) is 48.0 Å². The van der Waals surface area contributed by atoms with E-state index in [-0.39, 0.29) is 17.1 Å². The summed E-state index contributed by atoms with van der Waals surface area (Å²) in [6.45, 7) is 7.38. The van der Waals surface area contributed by atoms with E-state index >= 15 is 0 Å². The summed E-state index contributed by atoms with van der Waals surface area (Å²) in [5, 5.41) is 0. The number of nitrogens with two attached hydrogens (primary N) is 1. The minimum absolute atomic E-state index is 0.101. The van der Waals surface area contributed by atoms with E-state index in [1.807, 2.05) is 12.1 Å². The van der Waals surface area contributed by atoms with E-state index < -0.39 is 0 Å². The molecule has 2 atom stereocenters. The highest BCUT2D eigenvalue weighted by Crippen LogP contribution is 2.45. The van der Waals surface area contributed by atoms with Gasteiger partial charge in [-0.05, 0) is 70.1 Å². The second-order valence-corrected chi connectivity index (χ2v) is 9.00. The Kier molecular flexibility index (Phi) is 6.47. The summed E-state index contributed by atoms with van der Waals surface area (Å²) >= 11 is 0. The molecule has 0 spiro atoms. The standard InChI is InChI=1S/C25H35NO2/c1-19-9-11-21(12-10-19)25(15-16-28-24(2,3)18-25)14-13-22(26)17-20-7-5-6-8-23(20)27-4/h5-12,22H,13-18,26H2,1-4H3. The van der Waals surface area contributed by atoms with E-state index in [0.717, 1.165) is 44.5 Å². The Morgan fingerprint density at radius 3 is 2.50 bits per heavy atom. The molecule has 0 radical (unpaired) electrons. The van der Waals surface area contributed by atoms with E-state index in [4.69, 9.17) is 15.2 Å². The van der Waals surface area contributed by atoms with E-state index in [9.17, 15) is 0 Å². The van der Waals surface area contributed by atoms with E-state index in [0.29, 0.717) is 0 Å². The number of methoxy groups -OCH3 is 1. The number of ether oxygens (including phenoxy) is 2. The minimum atomic E-state index is -0.101. The molecule has 0 aliphatic carbocycles. The van der Waals surface area contributed by atoms with Crippen molar-refractivity contribution in [2.45, 2.75) is 69.9 Å². The molecular formula is C25H35NO2. The van der Waals surface area contributed by atoms with Crippen molar-refractivity contribution < 1.29 is 9.47 Å². The Morgan fingerprint density at radius 1 is 1.11 bits per heavy atom. The summed E-state index contributed by atoms with van der Waals surface area (Å²) in [4.78, 5) is 0. The average molecular weight is 382 g/mol. The molecule has 1 aliphatic rings. The first kappa shape index (κ1) is 20.9. The van der Waals surface area contributed by atoms with Gasteiger partial charge in [0, 0.05) is 18.1 Å². The summed E-state index contributed by atoms with van der Waals surface area (Å²) in [7, 11) is 1.72. The van der Waals surface area contributed by atoms with Crippen LogP contribution in [0.4, 0.5) is 0 Å². The number of para-hydroxylation sites is 1. The van der Waals surface area contributed by atoms with Crippen LogP contribution < -0.4 is 10.5 Å². The zero-order valence-electron chi connectivity index (χ0n) is 17.8. The quantitative estimate of drug-likeness (QED) is 0.719. The van der Waals surface area contributed by atoms with Crippen molar-refractivity contribution in [3.05, 3.63) is 65.2 Å². The van der Waals surface area contributed by atoms with Crippen LogP contribution >= 0.6 is 0 Å². The highest BCUT2D eigenvalue weighted by molar-refractivity contribution is 5.34. The second-order valence-electron chi connectivity index (χ2n) is 9.00. The fourth-order valence-electron chi connectivity index (χ4n) is 4.71. The van der Waals surface area contributed by atoms with E-state index in [1.165, 1.54) is 16.7 Å². The fourth-order valence-corrected chi connectivity index (χ4v) is 4.71. The molecule has 3 rings (SSSR count). The molecule has 28 heavy (non-hydrogen) atoms. The lowest BCUT2D eigenvalue weighted by Gasteiger charge is -2.46. The van der Waals surface area contributed by atoms with Gasteiger partial charge in [-0.3, -0.25) is 0 Å². The molecule has 2 aromatic rings. The van der Waals surface area contributed by atoms with Crippen LogP contribution in [0, 0.1) is 6.92 Å². The van der Waals surface area contributed by atoms with Gasteiger partial charge in [-0.2, -0.15) is 0 Å². The zero-order chi connectivity index (χ0) is 20.2. The van der Waals surface area contributed by atoms with Gasteiger partial charge in [0.05, 0.1) is 12.7 Å². The van der Waals surface area contributed by atoms with Gasteiger partial charge in [0.2, 0.25) is 0 Å². The maximum Gasteiger partial charge on any atom is 0.122 e. The van der Waals surface area contributed by atoms with Gasteiger partial charge in [0.15, 0.2) is 0 Å². The summed E-state index contributed by atoms with van der Waals surface area (Å²) in [5.74, 6) is 0.929. The van der Waals surface area contributed by atoms with Gasteiger partial charge < -0.3 is 15.2 Å². The molecule has 2 aromatic carbocycles. The normalized spacial score (nSPS) is 22.6. The smallest absolute Gasteiger partial charge is 0.122 e. The minimum Gasteiger partial charge on any atom is -0.496 e.